The van der Waals surface area contributed by atoms with Gasteiger partial charge < -0.3 is 10.7 Å². The van der Waals surface area contributed by atoms with Gasteiger partial charge in [-0.3, -0.25) is 0 Å². The van der Waals surface area contributed by atoms with E-state index in [4.69, 9.17) is 5.73 Å². The first-order valence-corrected chi connectivity index (χ1v) is 6.28. The number of aromatic amines is 1. The van der Waals surface area contributed by atoms with Crippen LogP contribution in [-0.4, -0.2) is 9.97 Å². The molecule has 0 radical (unpaired) electrons. The summed E-state index contributed by atoms with van der Waals surface area (Å²) in [7, 11) is 0. The molecule has 2 rings (SSSR count). The molecule has 2 aromatic rings. The maximum atomic E-state index is 13.2. The number of halogens is 2. The highest BCUT2D eigenvalue weighted by atomic mass is 19.1. The molecular weight excluding hydrogens is 248 g/mol. The van der Waals surface area contributed by atoms with Crippen molar-refractivity contribution < 1.29 is 8.78 Å². The van der Waals surface area contributed by atoms with Crippen molar-refractivity contribution in [2.75, 3.05) is 0 Å². The minimum absolute atomic E-state index is 0.211. The summed E-state index contributed by atoms with van der Waals surface area (Å²) in [5, 5.41) is 0. The molecule has 0 aliphatic heterocycles. The number of benzene rings is 1. The number of imidazole rings is 1. The lowest BCUT2D eigenvalue weighted by molar-refractivity contribution is 0.441. The van der Waals surface area contributed by atoms with Gasteiger partial charge in [-0.1, -0.05) is 20.3 Å². The average molecular weight is 265 g/mol. The highest BCUT2D eigenvalue weighted by Gasteiger charge is 2.17. The van der Waals surface area contributed by atoms with Crippen molar-refractivity contribution >= 4 is 0 Å². The van der Waals surface area contributed by atoms with Gasteiger partial charge in [0.1, 0.15) is 17.5 Å². The maximum absolute atomic E-state index is 13.2. The standard InChI is InChI=1S/C14H17F2N3/c1-3-8(2)13(17)14-18-7-12(19-14)9-4-10(15)6-11(16)5-9/h4-8,13H,3,17H2,1-2H3,(H,18,19). The van der Waals surface area contributed by atoms with Gasteiger partial charge in [-0.2, -0.15) is 0 Å². The topological polar surface area (TPSA) is 54.7 Å². The fraction of sp³-hybridized carbons (Fsp3) is 0.357. The van der Waals surface area contributed by atoms with Crippen LogP contribution in [-0.2, 0) is 0 Å². The van der Waals surface area contributed by atoms with E-state index in [0.717, 1.165) is 12.5 Å². The highest BCUT2D eigenvalue weighted by Crippen LogP contribution is 2.24. The van der Waals surface area contributed by atoms with Gasteiger partial charge >= 0.3 is 0 Å². The molecule has 19 heavy (non-hydrogen) atoms. The molecule has 0 spiro atoms. The molecule has 0 saturated carbocycles. The fourth-order valence-corrected chi connectivity index (χ4v) is 1.89. The van der Waals surface area contributed by atoms with Gasteiger partial charge in [-0.25, -0.2) is 13.8 Å². The molecule has 5 heteroatoms. The van der Waals surface area contributed by atoms with Crippen molar-refractivity contribution in [3.8, 4) is 11.3 Å². The van der Waals surface area contributed by atoms with Crippen molar-refractivity contribution in [3.05, 3.63) is 41.9 Å². The van der Waals surface area contributed by atoms with E-state index in [1.807, 2.05) is 6.92 Å². The van der Waals surface area contributed by atoms with Gasteiger partial charge in [-0.15, -0.1) is 0 Å². The smallest absolute Gasteiger partial charge is 0.126 e. The fourth-order valence-electron chi connectivity index (χ4n) is 1.89. The van der Waals surface area contributed by atoms with E-state index in [0.29, 0.717) is 17.1 Å². The Kier molecular flexibility index (Phi) is 3.95. The minimum atomic E-state index is -0.614. The van der Waals surface area contributed by atoms with E-state index in [1.165, 1.54) is 12.1 Å². The Morgan fingerprint density at radius 2 is 1.89 bits per heavy atom. The number of H-pyrrole nitrogens is 1. The summed E-state index contributed by atoms with van der Waals surface area (Å²) in [4.78, 5) is 7.22. The van der Waals surface area contributed by atoms with Crippen molar-refractivity contribution in [2.45, 2.75) is 26.3 Å². The highest BCUT2D eigenvalue weighted by molar-refractivity contribution is 5.58. The Bertz CT molecular complexity index is 545. The molecule has 2 unspecified atom stereocenters. The summed E-state index contributed by atoms with van der Waals surface area (Å²) in [6, 6.07) is 3.15. The summed E-state index contributed by atoms with van der Waals surface area (Å²) < 4.78 is 26.3. The summed E-state index contributed by atoms with van der Waals surface area (Å²) in [6.45, 7) is 4.09. The number of rotatable bonds is 4. The Hall–Kier alpha value is -1.75. The van der Waals surface area contributed by atoms with Crippen LogP contribution in [0.4, 0.5) is 8.78 Å². The molecule has 0 aliphatic carbocycles. The third-order valence-electron chi connectivity index (χ3n) is 3.34. The molecule has 102 valence electrons. The Morgan fingerprint density at radius 3 is 2.47 bits per heavy atom. The van der Waals surface area contributed by atoms with Gasteiger partial charge in [0.25, 0.3) is 0 Å². The van der Waals surface area contributed by atoms with Crippen LogP contribution in [0.5, 0.6) is 0 Å². The first-order chi connectivity index (χ1) is 9.01. The predicted molar refractivity (Wildman–Crippen MR) is 70.3 cm³/mol. The molecule has 1 heterocycles. The Balaban J connectivity index is 2.30. The molecule has 1 aromatic heterocycles. The molecule has 0 bridgehead atoms. The molecular formula is C14H17F2N3. The Morgan fingerprint density at radius 1 is 1.26 bits per heavy atom. The number of aromatic nitrogens is 2. The molecule has 3 N–H and O–H groups in total. The largest absolute Gasteiger partial charge is 0.341 e. The van der Waals surface area contributed by atoms with E-state index in [1.54, 1.807) is 6.20 Å². The number of nitrogens with zero attached hydrogens (tertiary/aromatic N) is 1. The van der Waals surface area contributed by atoms with Gasteiger partial charge in [0.15, 0.2) is 0 Å². The first kappa shape index (κ1) is 13.7. The van der Waals surface area contributed by atoms with E-state index < -0.39 is 11.6 Å². The first-order valence-electron chi connectivity index (χ1n) is 6.28. The summed E-state index contributed by atoms with van der Waals surface area (Å²) in [6.07, 6.45) is 2.48. The summed E-state index contributed by atoms with van der Waals surface area (Å²) in [5.41, 5.74) is 7.04. The van der Waals surface area contributed by atoms with Crippen LogP contribution in [0, 0.1) is 17.6 Å². The van der Waals surface area contributed by atoms with Crippen LogP contribution in [0.2, 0.25) is 0 Å². The van der Waals surface area contributed by atoms with Crippen molar-refractivity contribution in [1.82, 2.24) is 9.97 Å². The van der Waals surface area contributed by atoms with E-state index >= 15 is 0 Å². The number of nitrogens with one attached hydrogen (secondary N) is 1. The summed E-state index contributed by atoms with van der Waals surface area (Å²) >= 11 is 0. The number of nitrogens with two attached hydrogens (primary N) is 1. The second kappa shape index (κ2) is 5.48. The molecule has 0 amide bonds. The van der Waals surface area contributed by atoms with Gasteiger partial charge in [0.2, 0.25) is 0 Å². The van der Waals surface area contributed by atoms with Crippen molar-refractivity contribution in [3.63, 3.8) is 0 Å². The van der Waals surface area contributed by atoms with E-state index in [9.17, 15) is 8.78 Å². The van der Waals surface area contributed by atoms with Crippen LogP contribution in [0.25, 0.3) is 11.3 Å². The lowest BCUT2D eigenvalue weighted by Crippen LogP contribution is -2.19. The van der Waals surface area contributed by atoms with E-state index in [2.05, 4.69) is 16.9 Å². The van der Waals surface area contributed by atoms with Crippen LogP contribution in [0.3, 0.4) is 0 Å². The van der Waals surface area contributed by atoms with Gasteiger partial charge in [0.05, 0.1) is 17.9 Å². The lowest BCUT2D eigenvalue weighted by atomic mass is 10.00. The van der Waals surface area contributed by atoms with Gasteiger partial charge in [0, 0.05) is 11.6 Å². The molecule has 0 saturated heterocycles. The molecule has 2 atom stereocenters. The van der Waals surface area contributed by atoms with Crippen LogP contribution in [0.15, 0.2) is 24.4 Å². The SMILES string of the molecule is CCC(C)C(N)c1ncc(-c2cc(F)cc(F)c2)[nH]1. The second-order valence-corrected chi connectivity index (χ2v) is 4.75. The number of hydrogen-bond donors (Lipinski definition) is 2. The lowest BCUT2D eigenvalue weighted by Gasteiger charge is -2.15. The summed E-state index contributed by atoms with van der Waals surface area (Å²) in [5.74, 6) is -0.313. The minimum Gasteiger partial charge on any atom is -0.341 e. The second-order valence-electron chi connectivity index (χ2n) is 4.75. The monoisotopic (exact) mass is 265 g/mol. The molecule has 0 fully saturated rings. The van der Waals surface area contributed by atoms with Crippen LogP contribution in [0.1, 0.15) is 32.1 Å². The van der Waals surface area contributed by atoms with Crippen LogP contribution >= 0.6 is 0 Å². The quantitative estimate of drug-likeness (QED) is 0.890. The van der Waals surface area contributed by atoms with Crippen molar-refractivity contribution in [2.24, 2.45) is 11.7 Å². The third-order valence-corrected chi connectivity index (χ3v) is 3.34. The Labute approximate surface area is 110 Å². The molecule has 3 nitrogen and oxygen atoms in total. The molecule has 1 aromatic carbocycles. The van der Waals surface area contributed by atoms with Crippen molar-refractivity contribution in [1.29, 1.82) is 0 Å². The predicted octanol–water partition coefficient (Wildman–Crippen LogP) is 3.40. The third kappa shape index (κ3) is 2.98. The van der Waals surface area contributed by atoms with Crippen LogP contribution < -0.4 is 5.73 Å². The average Bonchev–Trinajstić information content (AvgIpc) is 2.85. The zero-order valence-electron chi connectivity index (χ0n) is 11.0. The van der Waals surface area contributed by atoms with Gasteiger partial charge in [-0.05, 0) is 18.1 Å². The maximum Gasteiger partial charge on any atom is 0.126 e. The zero-order chi connectivity index (χ0) is 14.0. The van der Waals surface area contributed by atoms with E-state index in [-0.39, 0.29) is 12.0 Å². The zero-order valence-corrected chi connectivity index (χ0v) is 11.0. The molecule has 0 aliphatic rings. The number of hydrogen-bond acceptors (Lipinski definition) is 2. The normalized spacial score (nSPS) is 14.4.